The van der Waals surface area contributed by atoms with Gasteiger partial charge in [-0.3, -0.25) is 10.1 Å². The van der Waals surface area contributed by atoms with Gasteiger partial charge < -0.3 is 9.64 Å². The summed E-state index contributed by atoms with van der Waals surface area (Å²) in [7, 11) is 0. The highest BCUT2D eigenvalue weighted by atomic mass is 35.5. The summed E-state index contributed by atoms with van der Waals surface area (Å²) in [5, 5.41) is 2.88. The molecule has 1 aliphatic heterocycles. The Morgan fingerprint density at radius 1 is 1.17 bits per heavy atom. The van der Waals surface area contributed by atoms with Gasteiger partial charge in [0, 0.05) is 23.7 Å². The molecule has 2 rings (SSSR count). The molecular formula is C12H13ClN2O3. The van der Waals surface area contributed by atoms with E-state index in [4.69, 9.17) is 16.3 Å². The molecule has 0 aliphatic carbocycles. The van der Waals surface area contributed by atoms with Gasteiger partial charge in [0.05, 0.1) is 13.2 Å². The number of hydrogen-bond donors (Lipinski definition) is 1. The van der Waals surface area contributed by atoms with Gasteiger partial charge in [-0.2, -0.15) is 0 Å². The molecule has 96 valence electrons. The van der Waals surface area contributed by atoms with Crippen molar-refractivity contribution in [2.24, 2.45) is 0 Å². The fourth-order valence-corrected chi connectivity index (χ4v) is 1.74. The van der Waals surface area contributed by atoms with Crippen LogP contribution in [0, 0.1) is 0 Å². The van der Waals surface area contributed by atoms with Crippen LogP contribution >= 0.6 is 11.6 Å². The standard InChI is InChI=1S/C12H13ClN2O3/c13-10-3-1-9(2-4-10)11(16)14-12(17)15-5-7-18-8-6-15/h1-4H,5-8H2,(H,14,16,17). The number of carbonyl (C=O) groups is 2. The molecule has 1 N–H and O–H groups in total. The van der Waals surface area contributed by atoms with Crippen molar-refractivity contribution in [2.45, 2.75) is 0 Å². The summed E-state index contributed by atoms with van der Waals surface area (Å²) in [6, 6.07) is 5.97. The van der Waals surface area contributed by atoms with Crippen molar-refractivity contribution in [3.8, 4) is 0 Å². The molecule has 1 saturated heterocycles. The Kier molecular flexibility index (Phi) is 4.17. The zero-order valence-corrected chi connectivity index (χ0v) is 10.4. The average molecular weight is 269 g/mol. The third-order valence-electron chi connectivity index (χ3n) is 2.63. The minimum atomic E-state index is -0.428. The van der Waals surface area contributed by atoms with Gasteiger partial charge in [-0.15, -0.1) is 0 Å². The number of imide groups is 1. The van der Waals surface area contributed by atoms with Gasteiger partial charge in [-0.1, -0.05) is 11.6 Å². The zero-order chi connectivity index (χ0) is 13.0. The molecule has 1 heterocycles. The summed E-state index contributed by atoms with van der Waals surface area (Å²) in [4.78, 5) is 25.1. The Morgan fingerprint density at radius 2 is 1.78 bits per heavy atom. The molecule has 0 unspecified atom stereocenters. The maximum absolute atomic E-state index is 11.8. The number of morpholine rings is 1. The summed E-state index contributed by atoms with van der Waals surface area (Å²) < 4.78 is 5.13. The molecule has 1 aromatic rings. The minimum absolute atomic E-state index is 0.391. The zero-order valence-electron chi connectivity index (χ0n) is 9.69. The van der Waals surface area contributed by atoms with Crippen molar-refractivity contribution < 1.29 is 14.3 Å². The number of nitrogens with one attached hydrogen (secondary N) is 1. The maximum Gasteiger partial charge on any atom is 0.324 e. The van der Waals surface area contributed by atoms with E-state index >= 15 is 0 Å². The van der Waals surface area contributed by atoms with E-state index in [1.54, 1.807) is 29.2 Å². The fraction of sp³-hybridized carbons (Fsp3) is 0.333. The molecule has 5 nitrogen and oxygen atoms in total. The first-order valence-electron chi connectivity index (χ1n) is 5.60. The summed E-state index contributed by atoms with van der Waals surface area (Å²) in [5.74, 6) is -0.428. The van der Waals surface area contributed by atoms with Crippen LogP contribution in [0.2, 0.25) is 5.02 Å². The van der Waals surface area contributed by atoms with Crippen molar-refractivity contribution in [1.82, 2.24) is 10.2 Å². The first-order valence-corrected chi connectivity index (χ1v) is 5.98. The monoisotopic (exact) mass is 268 g/mol. The van der Waals surface area contributed by atoms with Crippen molar-refractivity contribution in [3.63, 3.8) is 0 Å². The Morgan fingerprint density at radius 3 is 2.39 bits per heavy atom. The van der Waals surface area contributed by atoms with E-state index in [0.29, 0.717) is 36.9 Å². The predicted octanol–water partition coefficient (Wildman–Crippen LogP) is 1.52. The number of halogens is 1. The number of ether oxygens (including phenoxy) is 1. The number of urea groups is 1. The Hall–Kier alpha value is -1.59. The van der Waals surface area contributed by atoms with Gasteiger partial charge in [-0.25, -0.2) is 4.79 Å². The van der Waals surface area contributed by atoms with Crippen molar-refractivity contribution in [1.29, 1.82) is 0 Å². The molecule has 0 radical (unpaired) electrons. The molecule has 6 heteroatoms. The van der Waals surface area contributed by atoms with Crippen LogP contribution < -0.4 is 5.32 Å². The van der Waals surface area contributed by atoms with Crippen LogP contribution in [-0.2, 0) is 4.74 Å². The summed E-state index contributed by atoms with van der Waals surface area (Å²) >= 11 is 5.72. The van der Waals surface area contributed by atoms with Gasteiger partial charge in [0.15, 0.2) is 0 Å². The van der Waals surface area contributed by atoms with E-state index in [1.807, 2.05) is 0 Å². The van der Waals surface area contributed by atoms with Gasteiger partial charge >= 0.3 is 6.03 Å². The van der Waals surface area contributed by atoms with Crippen LogP contribution in [0.4, 0.5) is 4.79 Å². The predicted molar refractivity (Wildman–Crippen MR) is 66.7 cm³/mol. The average Bonchev–Trinajstić information content (AvgIpc) is 2.40. The molecule has 1 aromatic carbocycles. The lowest BCUT2D eigenvalue weighted by Gasteiger charge is -2.26. The molecule has 0 atom stereocenters. The summed E-state index contributed by atoms with van der Waals surface area (Å²) in [6.07, 6.45) is 0. The van der Waals surface area contributed by atoms with Gasteiger partial charge in [-0.05, 0) is 24.3 Å². The first kappa shape index (κ1) is 12.9. The van der Waals surface area contributed by atoms with Crippen molar-refractivity contribution in [2.75, 3.05) is 26.3 Å². The second-order valence-corrected chi connectivity index (χ2v) is 4.30. The van der Waals surface area contributed by atoms with Crippen LogP contribution in [0.25, 0.3) is 0 Å². The van der Waals surface area contributed by atoms with E-state index in [9.17, 15) is 9.59 Å². The lowest BCUT2D eigenvalue weighted by Crippen LogP contribution is -2.47. The molecule has 0 saturated carbocycles. The number of carbonyl (C=O) groups excluding carboxylic acids is 2. The molecule has 0 spiro atoms. The highest BCUT2D eigenvalue weighted by molar-refractivity contribution is 6.30. The third-order valence-corrected chi connectivity index (χ3v) is 2.88. The van der Waals surface area contributed by atoms with Gasteiger partial charge in [0.1, 0.15) is 0 Å². The lowest BCUT2D eigenvalue weighted by molar-refractivity contribution is 0.0524. The Bertz CT molecular complexity index is 441. The maximum atomic E-state index is 11.8. The quantitative estimate of drug-likeness (QED) is 0.840. The van der Waals surface area contributed by atoms with E-state index in [-0.39, 0.29) is 0 Å². The summed E-state index contributed by atoms with van der Waals surface area (Å²) in [6.45, 7) is 2.00. The van der Waals surface area contributed by atoms with Crippen LogP contribution in [-0.4, -0.2) is 43.1 Å². The van der Waals surface area contributed by atoms with E-state index in [2.05, 4.69) is 5.32 Å². The molecule has 1 fully saturated rings. The normalized spacial score (nSPS) is 15.3. The second kappa shape index (κ2) is 5.84. The van der Waals surface area contributed by atoms with Crippen LogP contribution in [0.5, 0.6) is 0 Å². The lowest BCUT2D eigenvalue weighted by atomic mass is 10.2. The number of nitrogens with zero attached hydrogens (tertiary/aromatic N) is 1. The van der Waals surface area contributed by atoms with Gasteiger partial charge in [0.2, 0.25) is 0 Å². The van der Waals surface area contributed by atoms with E-state index in [0.717, 1.165) is 0 Å². The highest BCUT2D eigenvalue weighted by Gasteiger charge is 2.19. The minimum Gasteiger partial charge on any atom is -0.378 e. The number of amides is 3. The second-order valence-electron chi connectivity index (χ2n) is 3.87. The molecule has 3 amide bonds. The largest absolute Gasteiger partial charge is 0.378 e. The molecule has 0 aromatic heterocycles. The molecule has 18 heavy (non-hydrogen) atoms. The Labute approximate surface area is 110 Å². The van der Waals surface area contributed by atoms with Crippen LogP contribution in [0.1, 0.15) is 10.4 Å². The number of benzene rings is 1. The molecule has 0 bridgehead atoms. The van der Waals surface area contributed by atoms with Crippen molar-refractivity contribution >= 4 is 23.5 Å². The smallest absolute Gasteiger partial charge is 0.324 e. The number of hydrogen-bond acceptors (Lipinski definition) is 3. The fourth-order valence-electron chi connectivity index (χ4n) is 1.62. The Balaban J connectivity index is 1.94. The van der Waals surface area contributed by atoms with Crippen molar-refractivity contribution in [3.05, 3.63) is 34.9 Å². The SMILES string of the molecule is O=C(NC(=O)N1CCOCC1)c1ccc(Cl)cc1. The summed E-state index contributed by atoms with van der Waals surface area (Å²) in [5.41, 5.74) is 0.404. The van der Waals surface area contributed by atoms with E-state index in [1.165, 1.54) is 0 Å². The third kappa shape index (κ3) is 3.21. The van der Waals surface area contributed by atoms with E-state index < -0.39 is 11.9 Å². The topological polar surface area (TPSA) is 58.6 Å². The van der Waals surface area contributed by atoms with Crippen LogP contribution in [0.3, 0.4) is 0 Å². The first-order chi connectivity index (χ1) is 8.66. The van der Waals surface area contributed by atoms with Gasteiger partial charge in [0.25, 0.3) is 5.91 Å². The van der Waals surface area contributed by atoms with Crippen LogP contribution in [0.15, 0.2) is 24.3 Å². The highest BCUT2D eigenvalue weighted by Crippen LogP contribution is 2.09. The molecule has 1 aliphatic rings. The number of rotatable bonds is 1. The molecular weight excluding hydrogens is 256 g/mol.